The largest absolute Gasteiger partial charge is 0.453 e. The Morgan fingerprint density at radius 1 is 1.08 bits per heavy atom. The van der Waals surface area contributed by atoms with Crippen molar-refractivity contribution < 1.29 is 19.4 Å². The number of carbonyl (C=O) groups excluding carboxylic acids is 2. The van der Waals surface area contributed by atoms with Gasteiger partial charge in [-0.25, -0.2) is 4.79 Å². The second-order valence-corrected chi connectivity index (χ2v) is 6.51. The maximum absolute atomic E-state index is 12.3. The molecule has 0 heterocycles. The Balaban J connectivity index is 1.94. The summed E-state index contributed by atoms with van der Waals surface area (Å²) >= 11 is 0. The summed E-state index contributed by atoms with van der Waals surface area (Å²) in [6.45, 7) is 2.24. The molecule has 26 heavy (non-hydrogen) atoms. The maximum Gasteiger partial charge on any atom is 0.411 e. The van der Waals surface area contributed by atoms with Crippen molar-refractivity contribution in [2.24, 2.45) is 5.41 Å². The van der Waals surface area contributed by atoms with Crippen LogP contribution in [0.5, 0.6) is 0 Å². The van der Waals surface area contributed by atoms with Gasteiger partial charge in [-0.2, -0.15) is 0 Å². The Bertz CT molecular complexity index is 731. The number of aliphatic hydroxyl groups excluding tert-OH is 1. The van der Waals surface area contributed by atoms with Crippen molar-refractivity contribution >= 4 is 17.7 Å². The van der Waals surface area contributed by atoms with Gasteiger partial charge in [-0.05, 0) is 36.2 Å². The number of methoxy groups -OCH3 is 1. The first kappa shape index (κ1) is 19.5. The molecule has 0 aliphatic heterocycles. The molecule has 0 aliphatic carbocycles. The van der Waals surface area contributed by atoms with Crippen LogP contribution in [0.3, 0.4) is 0 Å². The quantitative estimate of drug-likeness (QED) is 0.712. The number of benzene rings is 2. The summed E-state index contributed by atoms with van der Waals surface area (Å²) < 4.78 is 4.52. The van der Waals surface area contributed by atoms with Crippen LogP contribution in [0.1, 0.15) is 22.8 Å². The molecule has 6 nitrogen and oxygen atoms in total. The molecule has 0 radical (unpaired) electrons. The van der Waals surface area contributed by atoms with Crippen LogP contribution in [0.15, 0.2) is 54.6 Å². The minimum Gasteiger partial charge on any atom is -0.453 e. The molecule has 0 aliphatic rings. The highest BCUT2D eigenvalue weighted by molar-refractivity contribution is 5.95. The van der Waals surface area contributed by atoms with Crippen molar-refractivity contribution in [3.05, 3.63) is 65.7 Å². The van der Waals surface area contributed by atoms with Crippen LogP contribution in [0.4, 0.5) is 10.5 Å². The molecular formula is C20H24N2O4. The van der Waals surface area contributed by atoms with E-state index in [1.165, 1.54) is 7.11 Å². The van der Waals surface area contributed by atoms with Gasteiger partial charge in [0, 0.05) is 23.2 Å². The predicted octanol–water partition coefficient (Wildman–Crippen LogP) is 2.84. The lowest BCUT2D eigenvalue weighted by Crippen LogP contribution is -2.39. The Labute approximate surface area is 153 Å². The molecular weight excluding hydrogens is 332 g/mol. The smallest absolute Gasteiger partial charge is 0.411 e. The van der Waals surface area contributed by atoms with Gasteiger partial charge in [0.2, 0.25) is 0 Å². The van der Waals surface area contributed by atoms with E-state index >= 15 is 0 Å². The zero-order valence-corrected chi connectivity index (χ0v) is 15.0. The normalized spacial score (nSPS) is 12.7. The third-order valence-corrected chi connectivity index (χ3v) is 4.11. The Morgan fingerprint density at radius 3 is 2.31 bits per heavy atom. The summed E-state index contributed by atoms with van der Waals surface area (Å²) in [5.41, 5.74) is 1.67. The third kappa shape index (κ3) is 5.60. The van der Waals surface area contributed by atoms with Gasteiger partial charge < -0.3 is 15.2 Å². The first-order chi connectivity index (χ1) is 12.5. The standard InChI is InChI=1S/C20H24N2O4/c1-20(14-23,12-15-6-4-3-5-7-15)13-21-18(24)16-8-10-17(11-9-16)22-19(25)26-2/h3-11,23H,12-14H2,1-2H3,(H,21,24)(H,22,25)/t20-/m0/s1. The lowest BCUT2D eigenvalue weighted by atomic mass is 9.84. The van der Waals surface area contributed by atoms with E-state index in [0.717, 1.165) is 5.56 Å². The summed E-state index contributed by atoms with van der Waals surface area (Å²) in [6.07, 6.45) is 0.0916. The first-order valence-electron chi connectivity index (χ1n) is 8.34. The number of aliphatic hydroxyl groups is 1. The fraction of sp³-hybridized carbons (Fsp3) is 0.300. The second-order valence-electron chi connectivity index (χ2n) is 6.51. The molecule has 3 N–H and O–H groups in total. The van der Waals surface area contributed by atoms with Crippen LogP contribution in [0.2, 0.25) is 0 Å². The van der Waals surface area contributed by atoms with Crippen LogP contribution in [0, 0.1) is 5.41 Å². The lowest BCUT2D eigenvalue weighted by molar-refractivity contribution is 0.0895. The van der Waals surface area contributed by atoms with E-state index in [2.05, 4.69) is 15.4 Å². The number of carbonyl (C=O) groups is 2. The van der Waals surface area contributed by atoms with Crippen molar-refractivity contribution in [3.8, 4) is 0 Å². The first-order valence-corrected chi connectivity index (χ1v) is 8.34. The summed E-state index contributed by atoms with van der Waals surface area (Å²) in [5.74, 6) is -0.234. The van der Waals surface area contributed by atoms with Gasteiger partial charge in [-0.1, -0.05) is 37.3 Å². The predicted molar refractivity (Wildman–Crippen MR) is 100 cm³/mol. The Morgan fingerprint density at radius 2 is 1.73 bits per heavy atom. The Hall–Kier alpha value is -2.86. The summed E-state index contributed by atoms with van der Waals surface area (Å²) in [6, 6.07) is 16.3. The molecule has 2 rings (SSSR count). The van der Waals surface area contributed by atoms with E-state index in [9.17, 15) is 14.7 Å². The van der Waals surface area contributed by atoms with E-state index in [4.69, 9.17) is 0 Å². The summed E-state index contributed by atoms with van der Waals surface area (Å²) in [5, 5.41) is 15.2. The number of anilines is 1. The molecule has 2 aromatic carbocycles. The van der Waals surface area contributed by atoms with Crippen molar-refractivity contribution in [3.63, 3.8) is 0 Å². The van der Waals surface area contributed by atoms with Gasteiger partial charge in [0.05, 0.1) is 13.7 Å². The summed E-state index contributed by atoms with van der Waals surface area (Å²) in [4.78, 5) is 23.5. The minimum absolute atomic E-state index is 0.0375. The van der Waals surface area contributed by atoms with Gasteiger partial charge in [0.25, 0.3) is 5.91 Å². The Kier molecular flexibility index (Phi) is 6.74. The van der Waals surface area contributed by atoms with Crippen LogP contribution < -0.4 is 10.6 Å². The number of ether oxygens (including phenoxy) is 1. The van der Waals surface area contributed by atoms with E-state index < -0.39 is 11.5 Å². The SMILES string of the molecule is COC(=O)Nc1ccc(C(=O)NC[C@@](C)(CO)Cc2ccccc2)cc1. The molecule has 0 saturated heterocycles. The van der Waals surface area contributed by atoms with Gasteiger partial charge in [-0.3, -0.25) is 10.1 Å². The van der Waals surface area contributed by atoms with Gasteiger partial charge in [0.15, 0.2) is 0 Å². The number of nitrogens with one attached hydrogen (secondary N) is 2. The molecule has 0 bridgehead atoms. The van der Waals surface area contributed by atoms with Crippen LogP contribution in [-0.4, -0.2) is 37.4 Å². The molecule has 6 heteroatoms. The fourth-order valence-electron chi connectivity index (χ4n) is 2.53. The van der Waals surface area contributed by atoms with Gasteiger partial charge in [0.1, 0.15) is 0 Å². The maximum atomic E-state index is 12.3. The highest BCUT2D eigenvalue weighted by Gasteiger charge is 2.25. The molecule has 0 spiro atoms. The zero-order valence-electron chi connectivity index (χ0n) is 15.0. The summed E-state index contributed by atoms with van der Waals surface area (Å²) in [7, 11) is 1.28. The molecule has 0 aromatic heterocycles. The highest BCUT2D eigenvalue weighted by atomic mass is 16.5. The molecule has 1 atom stereocenters. The average molecular weight is 356 g/mol. The number of amides is 2. The second kappa shape index (κ2) is 9.01. The molecule has 0 unspecified atom stereocenters. The third-order valence-electron chi connectivity index (χ3n) is 4.11. The number of hydrogen-bond acceptors (Lipinski definition) is 4. The average Bonchev–Trinajstić information content (AvgIpc) is 2.67. The monoisotopic (exact) mass is 356 g/mol. The molecule has 2 aromatic rings. The van der Waals surface area contributed by atoms with Gasteiger partial charge >= 0.3 is 6.09 Å². The van der Waals surface area contributed by atoms with Crippen molar-refractivity contribution in [2.75, 3.05) is 25.6 Å². The molecule has 0 saturated carbocycles. The van der Waals surface area contributed by atoms with E-state index in [1.54, 1.807) is 24.3 Å². The van der Waals surface area contributed by atoms with E-state index in [-0.39, 0.29) is 12.5 Å². The van der Waals surface area contributed by atoms with Crippen LogP contribution in [-0.2, 0) is 11.2 Å². The minimum atomic E-state index is -0.568. The fourth-order valence-corrected chi connectivity index (χ4v) is 2.53. The van der Waals surface area contributed by atoms with Crippen molar-refractivity contribution in [1.82, 2.24) is 5.32 Å². The van der Waals surface area contributed by atoms with E-state index in [1.807, 2.05) is 37.3 Å². The van der Waals surface area contributed by atoms with Crippen molar-refractivity contribution in [1.29, 1.82) is 0 Å². The zero-order chi connectivity index (χ0) is 19.0. The topological polar surface area (TPSA) is 87.7 Å². The number of rotatable bonds is 7. The van der Waals surface area contributed by atoms with Crippen LogP contribution in [0.25, 0.3) is 0 Å². The molecule has 138 valence electrons. The number of hydrogen-bond donors (Lipinski definition) is 3. The molecule has 2 amide bonds. The molecule has 0 fully saturated rings. The van der Waals surface area contributed by atoms with Crippen molar-refractivity contribution in [2.45, 2.75) is 13.3 Å². The lowest BCUT2D eigenvalue weighted by Gasteiger charge is -2.27. The van der Waals surface area contributed by atoms with Crippen LogP contribution >= 0.6 is 0 Å². The van der Waals surface area contributed by atoms with Gasteiger partial charge in [-0.15, -0.1) is 0 Å². The highest BCUT2D eigenvalue weighted by Crippen LogP contribution is 2.21. The van der Waals surface area contributed by atoms with E-state index in [0.29, 0.717) is 24.2 Å².